The van der Waals surface area contributed by atoms with E-state index in [1.54, 1.807) is 23.4 Å². The summed E-state index contributed by atoms with van der Waals surface area (Å²) in [6.45, 7) is 3.45. The van der Waals surface area contributed by atoms with Crippen molar-refractivity contribution in [3.63, 3.8) is 0 Å². The summed E-state index contributed by atoms with van der Waals surface area (Å²) in [6, 6.07) is 5.48. The van der Waals surface area contributed by atoms with E-state index in [1.165, 1.54) is 11.3 Å². The summed E-state index contributed by atoms with van der Waals surface area (Å²) in [7, 11) is 0. The fraction of sp³-hybridized carbons (Fsp3) is 0.400. The van der Waals surface area contributed by atoms with Gasteiger partial charge in [0.05, 0.1) is 26.4 Å². The van der Waals surface area contributed by atoms with Crippen LogP contribution in [0.2, 0.25) is 0 Å². The van der Waals surface area contributed by atoms with Gasteiger partial charge in [0, 0.05) is 43.0 Å². The fourth-order valence-corrected chi connectivity index (χ4v) is 5.06. The number of ether oxygens (including phenoxy) is 2. The van der Waals surface area contributed by atoms with Gasteiger partial charge in [0.15, 0.2) is 0 Å². The zero-order valence-electron chi connectivity index (χ0n) is 16.2. The summed E-state index contributed by atoms with van der Waals surface area (Å²) < 4.78 is 11.5. The lowest BCUT2D eigenvalue weighted by atomic mass is 10.0. The predicted octanol–water partition coefficient (Wildman–Crippen LogP) is 1.71. The van der Waals surface area contributed by atoms with Gasteiger partial charge in [0.1, 0.15) is 21.5 Å². The largest absolute Gasteiger partial charge is 0.378 e. The number of hydrogen-bond acceptors (Lipinski definition) is 7. The summed E-state index contributed by atoms with van der Waals surface area (Å²) in [5.74, 6) is -0.156. The van der Waals surface area contributed by atoms with Crippen LogP contribution in [0.5, 0.6) is 0 Å². The van der Waals surface area contributed by atoms with Crippen LogP contribution in [0, 0.1) is 0 Å². The zero-order chi connectivity index (χ0) is 20.5. The van der Waals surface area contributed by atoms with Gasteiger partial charge in [0.25, 0.3) is 11.8 Å². The van der Waals surface area contributed by atoms with Crippen LogP contribution in [0.4, 0.5) is 0 Å². The molecule has 3 aromatic heterocycles. The Hall–Kier alpha value is -2.82. The standard InChI is InChI=1S/C20H21N5O4S/c26-19(14-3-5-22-23-14)25-8-11-29-15(12-25)16-13-2-1-4-21-18(13)30-17(16)20(27)24-6-9-28-10-7-24/h1-5,15H,6-12H2,(H,22,23)/t15-/m1/s1. The van der Waals surface area contributed by atoms with E-state index in [2.05, 4.69) is 15.2 Å². The molecule has 0 radical (unpaired) electrons. The lowest BCUT2D eigenvalue weighted by Gasteiger charge is -2.33. The van der Waals surface area contributed by atoms with Crippen molar-refractivity contribution < 1.29 is 19.1 Å². The first-order valence-electron chi connectivity index (χ1n) is 9.87. The summed E-state index contributed by atoms with van der Waals surface area (Å²) in [4.78, 5) is 35.6. The highest BCUT2D eigenvalue weighted by molar-refractivity contribution is 7.20. The van der Waals surface area contributed by atoms with Crippen molar-refractivity contribution in [2.75, 3.05) is 46.0 Å². The number of carbonyl (C=O) groups excluding carboxylic acids is 2. The van der Waals surface area contributed by atoms with Crippen molar-refractivity contribution >= 4 is 33.4 Å². The third-order valence-electron chi connectivity index (χ3n) is 5.40. The Morgan fingerprint density at radius 2 is 1.90 bits per heavy atom. The SMILES string of the molecule is O=C(c1ccn[nH]1)N1CCO[C@@H](c2c(C(=O)N3CCOCC3)sc3ncccc23)C1. The topological polar surface area (TPSA) is 101 Å². The normalized spacial score (nSPS) is 19.9. The van der Waals surface area contributed by atoms with Crippen LogP contribution in [0.1, 0.15) is 31.8 Å². The van der Waals surface area contributed by atoms with Crippen molar-refractivity contribution in [3.05, 3.63) is 46.7 Å². The van der Waals surface area contributed by atoms with Crippen molar-refractivity contribution in [3.8, 4) is 0 Å². The molecular weight excluding hydrogens is 406 g/mol. The molecule has 5 heterocycles. The number of fused-ring (bicyclic) bond motifs is 1. The van der Waals surface area contributed by atoms with Crippen LogP contribution >= 0.6 is 11.3 Å². The van der Waals surface area contributed by atoms with Gasteiger partial charge in [-0.3, -0.25) is 14.7 Å². The first-order chi connectivity index (χ1) is 14.7. The molecular formula is C20H21N5O4S. The Balaban J connectivity index is 1.49. The number of H-pyrrole nitrogens is 1. The van der Waals surface area contributed by atoms with E-state index in [1.807, 2.05) is 17.0 Å². The second-order valence-electron chi connectivity index (χ2n) is 7.19. The van der Waals surface area contributed by atoms with Crippen LogP contribution < -0.4 is 0 Å². The van der Waals surface area contributed by atoms with Crippen molar-refractivity contribution in [2.45, 2.75) is 6.10 Å². The molecule has 0 saturated carbocycles. The molecule has 1 atom stereocenters. The molecule has 3 aromatic rings. The number of hydrogen-bond donors (Lipinski definition) is 1. The summed E-state index contributed by atoms with van der Waals surface area (Å²) in [5.41, 5.74) is 1.26. The number of nitrogens with one attached hydrogen (secondary N) is 1. The van der Waals surface area contributed by atoms with Crippen LogP contribution in [0.3, 0.4) is 0 Å². The molecule has 156 valence electrons. The minimum atomic E-state index is -0.399. The van der Waals surface area contributed by atoms with Crippen molar-refractivity contribution in [1.29, 1.82) is 0 Å². The number of nitrogens with zero attached hydrogens (tertiary/aromatic N) is 4. The van der Waals surface area contributed by atoms with E-state index in [4.69, 9.17) is 9.47 Å². The summed E-state index contributed by atoms with van der Waals surface area (Å²) in [5, 5.41) is 7.49. The van der Waals surface area contributed by atoms with E-state index in [-0.39, 0.29) is 11.8 Å². The molecule has 0 aliphatic carbocycles. The van der Waals surface area contributed by atoms with Gasteiger partial charge < -0.3 is 19.3 Å². The van der Waals surface area contributed by atoms with Crippen LogP contribution in [0.25, 0.3) is 10.2 Å². The van der Waals surface area contributed by atoms with E-state index >= 15 is 0 Å². The molecule has 2 fully saturated rings. The Morgan fingerprint density at radius 1 is 1.07 bits per heavy atom. The Kier molecular flexibility index (Phi) is 5.19. The average molecular weight is 427 g/mol. The lowest BCUT2D eigenvalue weighted by molar-refractivity contribution is -0.0227. The molecule has 10 heteroatoms. The maximum Gasteiger partial charge on any atom is 0.272 e. The quantitative estimate of drug-likeness (QED) is 0.683. The van der Waals surface area contributed by atoms with Crippen LogP contribution in [0.15, 0.2) is 30.6 Å². The number of morpholine rings is 2. The highest BCUT2D eigenvalue weighted by Crippen LogP contribution is 2.38. The Morgan fingerprint density at radius 3 is 2.70 bits per heavy atom. The van der Waals surface area contributed by atoms with E-state index in [0.717, 1.165) is 15.8 Å². The molecule has 2 amide bonds. The van der Waals surface area contributed by atoms with Gasteiger partial charge in [-0.15, -0.1) is 11.3 Å². The summed E-state index contributed by atoms with van der Waals surface area (Å²) >= 11 is 1.38. The number of rotatable bonds is 3. The first kappa shape index (κ1) is 19.2. The van der Waals surface area contributed by atoms with E-state index in [9.17, 15) is 9.59 Å². The van der Waals surface area contributed by atoms with E-state index < -0.39 is 6.10 Å². The van der Waals surface area contributed by atoms with Gasteiger partial charge in [0.2, 0.25) is 0 Å². The van der Waals surface area contributed by atoms with Crippen LogP contribution in [-0.2, 0) is 9.47 Å². The predicted molar refractivity (Wildman–Crippen MR) is 110 cm³/mol. The van der Waals surface area contributed by atoms with Gasteiger partial charge in [-0.25, -0.2) is 4.98 Å². The van der Waals surface area contributed by atoms with Crippen molar-refractivity contribution in [1.82, 2.24) is 25.0 Å². The molecule has 9 nitrogen and oxygen atoms in total. The fourth-order valence-electron chi connectivity index (χ4n) is 3.89. The third-order valence-corrected chi connectivity index (χ3v) is 6.52. The molecule has 0 unspecified atom stereocenters. The molecule has 30 heavy (non-hydrogen) atoms. The van der Waals surface area contributed by atoms with Gasteiger partial charge in [-0.2, -0.15) is 5.10 Å². The molecule has 1 N–H and O–H groups in total. The van der Waals surface area contributed by atoms with E-state index in [0.29, 0.717) is 56.6 Å². The minimum Gasteiger partial charge on any atom is -0.378 e. The number of aromatic amines is 1. The number of aromatic nitrogens is 3. The maximum atomic E-state index is 13.3. The monoisotopic (exact) mass is 427 g/mol. The number of amides is 2. The summed E-state index contributed by atoms with van der Waals surface area (Å²) in [6.07, 6.45) is 2.88. The van der Waals surface area contributed by atoms with Gasteiger partial charge in [-0.05, 0) is 12.1 Å². The highest BCUT2D eigenvalue weighted by atomic mass is 32.1. The Labute approximate surface area is 176 Å². The number of carbonyl (C=O) groups is 2. The molecule has 0 aromatic carbocycles. The second-order valence-corrected chi connectivity index (χ2v) is 8.19. The number of pyridine rings is 1. The second kappa shape index (κ2) is 8.13. The Bertz CT molecular complexity index is 1060. The molecule has 2 saturated heterocycles. The molecule has 0 spiro atoms. The molecule has 2 aliphatic rings. The lowest BCUT2D eigenvalue weighted by Crippen LogP contribution is -2.43. The van der Waals surface area contributed by atoms with Crippen LogP contribution in [-0.4, -0.2) is 82.8 Å². The minimum absolute atomic E-state index is 0.0306. The van der Waals surface area contributed by atoms with Gasteiger partial charge >= 0.3 is 0 Å². The molecule has 5 rings (SSSR count). The number of thiophene rings is 1. The molecule has 2 aliphatic heterocycles. The molecule has 0 bridgehead atoms. The smallest absolute Gasteiger partial charge is 0.272 e. The van der Waals surface area contributed by atoms with Crippen molar-refractivity contribution in [2.24, 2.45) is 0 Å². The highest BCUT2D eigenvalue weighted by Gasteiger charge is 2.34. The third kappa shape index (κ3) is 3.47. The maximum absolute atomic E-state index is 13.3. The average Bonchev–Trinajstić information content (AvgIpc) is 3.47. The first-order valence-corrected chi connectivity index (χ1v) is 10.7. The van der Waals surface area contributed by atoms with Gasteiger partial charge in [-0.1, -0.05) is 6.07 Å². The zero-order valence-corrected chi connectivity index (χ0v) is 17.1.